The van der Waals surface area contributed by atoms with Gasteiger partial charge in [-0.1, -0.05) is 19.8 Å². The number of carbonyl (C=O) groups excluding carboxylic acids is 1. The molecular weight excluding hydrogens is 284 g/mol. The normalized spacial score (nSPS) is 26.7. The second-order valence-corrected chi connectivity index (χ2v) is 8.79. The highest BCUT2D eigenvalue weighted by Crippen LogP contribution is 2.54. The fourth-order valence-corrected chi connectivity index (χ4v) is 5.31. The number of hydrogen-bond donors (Lipinski definition) is 0. The summed E-state index contributed by atoms with van der Waals surface area (Å²) in [6.07, 6.45) is 10.3. The largest absolute Gasteiger partial charge is 0.342 e. The van der Waals surface area contributed by atoms with Crippen molar-refractivity contribution in [3.05, 3.63) is 0 Å². The van der Waals surface area contributed by atoms with Crippen LogP contribution in [0.2, 0.25) is 0 Å². The molecule has 2 heterocycles. The molecule has 3 fully saturated rings. The second-order valence-electron chi connectivity index (χ2n) is 8.79. The number of nitrogens with zero attached hydrogens (tertiary/aromatic N) is 2. The lowest BCUT2D eigenvalue weighted by atomic mass is 9.56. The maximum absolute atomic E-state index is 12.8. The molecule has 0 N–H and O–H groups in total. The van der Waals surface area contributed by atoms with Gasteiger partial charge < -0.3 is 9.80 Å². The molecule has 132 valence electrons. The van der Waals surface area contributed by atoms with Crippen LogP contribution in [0.4, 0.5) is 0 Å². The lowest BCUT2D eigenvalue weighted by Crippen LogP contribution is -2.51. The number of hydrogen-bond acceptors (Lipinski definition) is 2. The maximum Gasteiger partial charge on any atom is 0.225 e. The average molecular weight is 321 g/mol. The Kier molecular flexibility index (Phi) is 5.35. The van der Waals surface area contributed by atoms with E-state index in [2.05, 4.69) is 30.6 Å². The molecule has 23 heavy (non-hydrogen) atoms. The van der Waals surface area contributed by atoms with Gasteiger partial charge in [0.1, 0.15) is 0 Å². The van der Waals surface area contributed by atoms with Gasteiger partial charge in [-0.25, -0.2) is 0 Å². The van der Waals surface area contributed by atoms with Crippen LogP contribution in [0.15, 0.2) is 0 Å². The van der Waals surface area contributed by atoms with E-state index in [4.69, 9.17) is 0 Å². The molecule has 0 bridgehead atoms. The summed E-state index contributed by atoms with van der Waals surface area (Å²) in [4.78, 5) is 17.5. The van der Waals surface area contributed by atoms with Crippen molar-refractivity contribution < 1.29 is 4.79 Å². The number of likely N-dealkylation sites (tertiary alicyclic amines) is 2. The van der Waals surface area contributed by atoms with E-state index in [1.807, 2.05) is 0 Å². The zero-order valence-corrected chi connectivity index (χ0v) is 15.5. The average Bonchev–Trinajstić information content (AvgIpc) is 2.54. The molecule has 2 aliphatic heterocycles. The Bertz CT molecular complexity index is 396. The first kappa shape index (κ1) is 17.3. The molecule has 1 amide bonds. The molecule has 3 rings (SSSR count). The first-order chi connectivity index (χ1) is 11.0. The summed E-state index contributed by atoms with van der Waals surface area (Å²) in [5.74, 6) is 1.75. The summed E-state index contributed by atoms with van der Waals surface area (Å²) in [6.45, 7) is 11.1. The topological polar surface area (TPSA) is 23.6 Å². The molecule has 0 aromatic rings. The van der Waals surface area contributed by atoms with Crippen molar-refractivity contribution in [1.29, 1.82) is 0 Å². The van der Waals surface area contributed by atoms with Crippen LogP contribution in [0.25, 0.3) is 0 Å². The first-order valence-corrected chi connectivity index (χ1v) is 10.1. The zero-order valence-electron chi connectivity index (χ0n) is 15.5. The summed E-state index contributed by atoms with van der Waals surface area (Å²) in [6, 6.07) is 0.621. The lowest BCUT2D eigenvalue weighted by Gasteiger charge is -2.53. The molecule has 1 aliphatic carbocycles. The van der Waals surface area contributed by atoms with Crippen LogP contribution in [0.5, 0.6) is 0 Å². The third-order valence-corrected chi connectivity index (χ3v) is 6.89. The van der Waals surface area contributed by atoms with Gasteiger partial charge in [0, 0.05) is 25.0 Å². The molecule has 0 unspecified atom stereocenters. The first-order valence-electron chi connectivity index (χ1n) is 10.1. The smallest absolute Gasteiger partial charge is 0.225 e. The van der Waals surface area contributed by atoms with Crippen molar-refractivity contribution in [2.45, 2.75) is 78.2 Å². The van der Waals surface area contributed by atoms with E-state index in [0.29, 0.717) is 23.3 Å². The lowest BCUT2D eigenvalue weighted by molar-refractivity contribution is -0.141. The summed E-state index contributed by atoms with van der Waals surface area (Å²) >= 11 is 0. The quantitative estimate of drug-likeness (QED) is 0.783. The Morgan fingerprint density at radius 1 is 1.09 bits per heavy atom. The van der Waals surface area contributed by atoms with Crippen molar-refractivity contribution in [2.75, 3.05) is 26.2 Å². The maximum atomic E-state index is 12.8. The van der Waals surface area contributed by atoms with Gasteiger partial charge in [0.25, 0.3) is 0 Å². The summed E-state index contributed by atoms with van der Waals surface area (Å²) in [5, 5.41) is 0. The highest BCUT2D eigenvalue weighted by molar-refractivity contribution is 5.79. The van der Waals surface area contributed by atoms with Crippen molar-refractivity contribution >= 4 is 5.91 Å². The Morgan fingerprint density at radius 3 is 2.22 bits per heavy atom. The van der Waals surface area contributed by atoms with Crippen molar-refractivity contribution in [2.24, 2.45) is 17.3 Å². The van der Waals surface area contributed by atoms with Gasteiger partial charge in [-0.05, 0) is 76.8 Å². The van der Waals surface area contributed by atoms with Crippen LogP contribution < -0.4 is 0 Å². The van der Waals surface area contributed by atoms with E-state index in [1.54, 1.807) is 0 Å². The summed E-state index contributed by atoms with van der Waals surface area (Å²) < 4.78 is 0. The Labute approximate surface area is 142 Å². The Balaban J connectivity index is 1.43. The van der Waals surface area contributed by atoms with Gasteiger partial charge in [-0.3, -0.25) is 4.79 Å². The van der Waals surface area contributed by atoms with E-state index in [-0.39, 0.29) is 0 Å². The minimum atomic E-state index is 0.299. The molecule has 0 radical (unpaired) electrons. The number of carbonyl (C=O) groups is 1. The van der Waals surface area contributed by atoms with E-state index in [9.17, 15) is 4.79 Å². The summed E-state index contributed by atoms with van der Waals surface area (Å²) in [5.41, 5.74) is 0.623. The zero-order chi connectivity index (χ0) is 16.4. The SMILES string of the molecule is CCCC1CC2(CCN(C(=O)C3CCN(C(C)C)CC3)CC2)C1. The number of piperidine rings is 2. The van der Waals surface area contributed by atoms with Gasteiger partial charge in [0.05, 0.1) is 0 Å². The second kappa shape index (κ2) is 7.13. The highest BCUT2D eigenvalue weighted by atomic mass is 16.2. The molecule has 1 saturated carbocycles. The third-order valence-electron chi connectivity index (χ3n) is 6.89. The molecule has 1 spiro atoms. The van der Waals surface area contributed by atoms with Crippen LogP contribution in [-0.4, -0.2) is 47.9 Å². The molecular formula is C20H36N2O. The van der Waals surface area contributed by atoms with Crippen LogP contribution in [-0.2, 0) is 4.79 Å². The van der Waals surface area contributed by atoms with Gasteiger partial charge in [0.15, 0.2) is 0 Å². The van der Waals surface area contributed by atoms with Gasteiger partial charge in [-0.15, -0.1) is 0 Å². The Hall–Kier alpha value is -0.570. The van der Waals surface area contributed by atoms with E-state index in [1.165, 1.54) is 38.5 Å². The molecule has 0 aromatic heterocycles. The Morgan fingerprint density at radius 2 is 1.70 bits per heavy atom. The molecule has 0 aromatic carbocycles. The molecule has 3 aliphatic rings. The number of amides is 1. The minimum Gasteiger partial charge on any atom is -0.342 e. The molecule has 3 heteroatoms. The van der Waals surface area contributed by atoms with Crippen LogP contribution in [0.3, 0.4) is 0 Å². The van der Waals surface area contributed by atoms with Gasteiger partial charge >= 0.3 is 0 Å². The fraction of sp³-hybridized carbons (Fsp3) is 0.950. The van der Waals surface area contributed by atoms with E-state index in [0.717, 1.165) is 44.9 Å². The highest BCUT2D eigenvalue weighted by Gasteiger charge is 2.46. The number of rotatable bonds is 4. The summed E-state index contributed by atoms with van der Waals surface area (Å²) in [7, 11) is 0. The fourth-order valence-electron chi connectivity index (χ4n) is 5.31. The molecule has 2 saturated heterocycles. The standard InChI is InChI=1S/C20H36N2O/c1-4-5-17-14-20(15-17)8-12-22(13-9-20)19(23)18-6-10-21(11-7-18)16(2)3/h16-18H,4-15H2,1-3H3. The van der Waals surface area contributed by atoms with Crippen LogP contribution in [0.1, 0.15) is 72.1 Å². The van der Waals surface area contributed by atoms with Gasteiger partial charge in [0.2, 0.25) is 5.91 Å². The van der Waals surface area contributed by atoms with Gasteiger partial charge in [-0.2, -0.15) is 0 Å². The van der Waals surface area contributed by atoms with Crippen LogP contribution in [0, 0.1) is 17.3 Å². The van der Waals surface area contributed by atoms with Crippen molar-refractivity contribution in [1.82, 2.24) is 9.80 Å². The molecule has 3 nitrogen and oxygen atoms in total. The van der Waals surface area contributed by atoms with Crippen molar-refractivity contribution in [3.8, 4) is 0 Å². The minimum absolute atomic E-state index is 0.299. The predicted octanol–water partition coefficient (Wildman–Crippen LogP) is 3.93. The predicted molar refractivity (Wildman–Crippen MR) is 95.3 cm³/mol. The third kappa shape index (κ3) is 3.75. The van der Waals surface area contributed by atoms with Crippen molar-refractivity contribution in [3.63, 3.8) is 0 Å². The van der Waals surface area contributed by atoms with E-state index >= 15 is 0 Å². The monoisotopic (exact) mass is 320 g/mol. The molecule has 0 atom stereocenters. The van der Waals surface area contributed by atoms with Crippen LogP contribution >= 0.6 is 0 Å². The van der Waals surface area contributed by atoms with E-state index < -0.39 is 0 Å².